The third kappa shape index (κ3) is 7.40. The van der Waals surface area contributed by atoms with Crippen LogP contribution in [0.1, 0.15) is 17.5 Å². The van der Waals surface area contributed by atoms with Gasteiger partial charge in [-0.2, -0.15) is 13.2 Å². The molecule has 0 aliphatic carbocycles. The van der Waals surface area contributed by atoms with Crippen LogP contribution in [0.5, 0.6) is 0 Å². The van der Waals surface area contributed by atoms with Gasteiger partial charge in [0.15, 0.2) is 0 Å². The number of carbonyl (C=O) groups excluding carboxylic acids is 1. The lowest BCUT2D eigenvalue weighted by Crippen LogP contribution is -2.88. The monoisotopic (exact) mass is 381 g/mol. The van der Waals surface area contributed by atoms with E-state index in [4.69, 9.17) is 14.6 Å². The Kier molecular flexibility index (Phi) is 7.82. The first-order valence-electron chi connectivity index (χ1n) is 8.67. The number of hydrogen-bond donors (Lipinski definition) is 1. The molecule has 1 saturated heterocycles. The molecule has 0 spiro atoms. The lowest BCUT2D eigenvalue weighted by molar-refractivity contribution is -0.673. The van der Waals surface area contributed by atoms with Crippen molar-refractivity contribution >= 4 is 5.97 Å². The molecule has 4 nitrogen and oxygen atoms in total. The SMILES string of the molecule is O=C([O-])C(F)(F)F.c1ccc(CO[C@@H]2CC[NH2+][C@@H]2Cc2ccccc2)cc1. The molecule has 0 unspecified atom stereocenters. The number of rotatable bonds is 5. The van der Waals surface area contributed by atoms with E-state index < -0.39 is 12.1 Å². The summed E-state index contributed by atoms with van der Waals surface area (Å²) < 4.78 is 37.7. The Labute approximate surface area is 156 Å². The molecular weight excluding hydrogens is 359 g/mol. The first-order valence-corrected chi connectivity index (χ1v) is 8.67. The zero-order valence-corrected chi connectivity index (χ0v) is 14.7. The van der Waals surface area contributed by atoms with E-state index in [1.807, 2.05) is 6.07 Å². The summed E-state index contributed by atoms with van der Waals surface area (Å²) in [5.74, 6) is -3.01. The number of carboxylic acid groups (broad SMARTS) is 1. The first kappa shape index (κ1) is 20.9. The van der Waals surface area contributed by atoms with Crippen molar-refractivity contribution in [3.63, 3.8) is 0 Å². The Morgan fingerprint density at radius 2 is 1.56 bits per heavy atom. The maximum atomic E-state index is 10.5. The molecule has 1 aliphatic heterocycles. The molecule has 3 rings (SSSR count). The maximum absolute atomic E-state index is 10.5. The largest absolute Gasteiger partial charge is 0.542 e. The van der Waals surface area contributed by atoms with Gasteiger partial charge in [0.1, 0.15) is 18.1 Å². The first-order chi connectivity index (χ1) is 12.9. The maximum Gasteiger partial charge on any atom is 0.430 e. The number of benzene rings is 2. The quantitative estimate of drug-likeness (QED) is 0.853. The molecule has 2 aromatic rings. The second-order valence-corrected chi connectivity index (χ2v) is 6.29. The number of quaternary nitrogens is 1. The molecule has 1 fully saturated rings. The van der Waals surface area contributed by atoms with E-state index in [0.29, 0.717) is 12.1 Å². The molecule has 2 N–H and O–H groups in total. The van der Waals surface area contributed by atoms with E-state index in [1.54, 1.807) is 0 Å². The van der Waals surface area contributed by atoms with Crippen LogP contribution in [0.3, 0.4) is 0 Å². The van der Waals surface area contributed by atoms with Gasteiger partial charge in [-0.15, -0.1) is 0 Å². The van der Waals surface area contributed by atoms with Gasteiger partial charge < -0.3 is 20.0 Å². The van der Waals surface area contributed by atoms with Gasteiger partial charge in [0.2, 0.25) is 0 Å². The molecular formula is C20H22F3NO3. The van der Waals surface area contributed by atoms with E-state index in [2.05, 4.69) is 59.9 Å². The van der Waals surface area contributed by atoms with Crippen LogP contribution >= 0.6 is 0 Å². The molecule has 2 atom stereocenters. The van der Waals surface area contributed by atoms with Crippen LogP contribution in [-0.4, -0.2) is 30.8 Å². The van der Waals surface area contributed by atoms with Crippen LogP contribution in [0.25, 0.3) is 0 Å². The van der Waals surface area contributed by atoms with Crippen molar-refractivity contribution in [1.29, 1.82) is 0 Å². The highest BCUT2D eigenvalue weighted by molar-refractivity contribution is 5.70. The van der Waals surface area contributed by atoms with Gasteiger partial charge in [-0.05, 0) is 11.1 Å². The molecule has 2 aromatic carbocycles. The predicted molar refractivity (Wildman–Crippen MR) is 91.4 cm³/mol. The summed E-state index contributed by atoms with van der Waals surface area (Å²) in [5.41, 5.74) is 2.67. The van der Waals surface area contributed by atoms with Crippen LogP contribution in [0, 0.1) is 0 Å². The van der Waals surface area contributed by atoms with Gasteiger partial charge in [0.25, 0.3) is 0 Å². The lowest BCUT2D eigenvalue weighted by Gasteiger charge is -2.17. The number of carbonyl (C=O) groups is 1. The molecule has 0 saturated carbocycles. The van der Waals surface area contributed by atoms with E-state index >= 15 is 0 Å². The molecule has 0 aromatic heterocycles. The number of ether oxygens (including phenoxy) is 1. The minimum Gasteiger partial charge on any atom is -0.542 e. The topological polar surface area (TPSA) is 66.0 Å². The summed E-state index contributed by atoms with van der Waals surface area (Å²) in [6, 6.07) is 21.7. The summed E-state index contributed by atoms with van der Waals surface area (Å²) in [6.07, 6.45) is -2.57. The molecule has 1 heterocycles. The molecule has 0 bridgehead atoms. The van der Waals surface area contributed by atoms with Gasteiger partial charge >= 0.3 is 6.18 Å². The fraction of sp³-hybridized carbons (Fsp3) is 0.350. The van der Waals surface area contributed by atoms with Gasteiger partial charge in [0, 0.05) is 12.8 Å². The van der Waals surface area contributed by atoms with Gasteiger partial charge in [-0.3, -0.25) is 0 Å². The molecule has 27 heavy (non-hydrogen) atoms. The van der Waals surface area contributed by atoms with Crippen LogP contribution in [0.4, 0.5) is 13.2 Å². The zero-order chi connectivity index (χ0) is 19.7. The number of carboxylic acids is 1. The molecule has 0 radical (unpaired) electrons. The van der Waals surface area contributed by atoms with Gasteiger partial charge in [-0.1, -0.05) is 60.7 Å². The second kappa shape index (κ2) is 10.1. The minimum absolute atomic E-state index is 0.371. The Hall–Kier alpha value is -2.38. The van der Waals surface area contributed by atoms with Crippen LogP contribution in [0.15, 0.2) is 60.7 Å². The Balaban J connectivity index is 0.000000321. The standard InChI is InChI=1S/C18H21NO.C2HF3O2/c1-3-7-15(8-4-1)13-17-18(11-12-19-17)20-14-16-9-5-2-6-10-16;3-2(4,5)1(6)7/h1-10,17-19H,11-14H2;(H,6,7)/t17-,18-;/m1./s1. The van der Waals surface area contributed by atoms with Crippen molar-refractivity contribution in [1.82, 2.24) is 0 Å². The average Bonchev–Trinajstić information content (AvgIpc) is 3.08. The summed E-state index contributed by atoms with van der Waals surface area (Å²) in [6.45, 7) is 1.90. The summed E-state index contributed by atoms with van der Waals surface area (Å²) in [7, 11) is 0. The smallest absolute Gasteiger partial charge is 0.430 e. The number of aliphatic carboxylic acids is 1. The number of halogens is 3. The fourth-order valence-electron chi connectivity index (χ4n) is 2.93. The summed E-state index contributed by atoms with van der Waals surface area (Å²) in [5, 5.41) is 11.2. The fourth-order valence-corrected chi connectivity index (χ4v) is 2.93. The van der Waals surface area contributed by atoms with E-state index in [0.717, 1.165) is 19.4 Å². The van der Waals surface area contributed by atoms with Crippen molar-refractivity contribution in [3.05, 3.63) is 71.8 Å². The van der Waals surface area contributed by atoms with E-state index in [9.17, 15) is 13.2 Å². The van der Waals surface area contributed by atoms with Crippen LogP contribution in [-0.2, 0) is 22.6 Å². The van der Waals surface area contributed by atoms with Crippen LogP contribution in [0.2, 0.25) is 0 Å². The molecule has 146 valence electrons. The summed E-state index contributed by atoms with van der Waals surface area (Å²) >= 11 is 0. The lowest BCUT2D eigenvalue weighted by atomic mass is 10.0. The summed E-state index contributed by atoms with van der Waals surface area (Å²) in [4.78, 5) is 8.78. The van der Waals surface area contributed by atoms with Crippen molar-refractivity contribution < 1.29 is 33.1 Å². The Morgan fingerprint density at radius 1 is 1.04 bits per heavy atom. The zero-order valence-electron chi connectivity index (χ0n) is 14.7. The number of nitrogens with two attached hydrogens (primary N) is 1. The van der Waals surface area contributed by atoms with E-state index in [1.165, 1.54) is 17.7 Å². The predicted octanol–water partition coefficient (Wildman–Crippen LogP) is 1.45. The van der Waals surface area contributed by atoms with Crippen molar-refractivity contribution in [2.75, 3.05) is 6.54 Å². The van der Waals surface area contributed by atoms with Crippen molar-refractivity contribution in [3.8, 4) is 0 Å². The van der Waals surface area contributed by atoms with E-state index in [-0.39, 0.29) is 0 Å². The minimum atomic E-state index is -5.19. The Morgan fingerprint density at radius 3 is 2.07 bits per heavy atom. The van der Waals surface area contributed by atoms with Crippen molar-refractivity contribution in [2.24, 2.45) is 0 Å². The van der Waals surface area contributed by atoms with Crippen molar-refractivity contribution in [2.45, 2.75) is 37.8 Å². The third-order valence-electron chi connectivity index (χ3n) is 4.25. The second-order valence-electron chi connectivity index (χ2n) is 6.29. The normalized spacial score (nSPS) is 19.2. The highest BCUT2D eigenvalue weighted by Gasteiger charge is 2.31. The molecule has 1 aliphatic rings. The third-order valence-corrected chi connectivity index (χ3v) is 4.25. The molecule has 7 heteroatoms. The Bertz CT molecular complexity index is 693. The highest BCUT2D eigenvalue weighted by Crippen LogP contribution is 2.14. The number of alkyl halides is 3. The van der Waals surface area contributed by atoms with Gasteiger partial charge in [0.05, 0.1) is 13.2 Å². The molecule has 0 amide bonds. The number of hydrogen-bond acceptors (Lipinski definition) is 3. The average molecular weight is 381 g/mol. The highest BCUT2D eigenvalue weighted by atomic mass is 19.4. The van der Waals surface area contributed by atoms with Crippen LogP contribution < -0.4 is 10.4 Å². The van der Waals surface area contributed by atoms with Gasteiger partial charge in [-0.25, -0.2) is 0 Å².